The first-order valence-electron chi connectivity index (χ1n) is 33.0. The second-order valence-electron chi connectivity index (χ2n) is 25.3. The summed E-state index contributed by atoms with van der Waals surface area (Å²) >= 11 is 21.6. The van der Waals surface area contributed by atoms with E-state index < -0.39 is 35.4 Å². The molecule has 3 fully saturated rings. The number of nitrogens with zero attached hydrogens (tertiary/aromatic N) is 7. The van der Waals surface area contributed by atoms with Crippen LogP contribution in [0.4, 0.5) is 18.9 Å². The maximum Gasteiger partial charge on any atom is 1.00 e. The number of rotatable bonds is 12. The van der Waals surface area contributed by atoms with Crippen molar-refractivity contribution in [1.29, 1.82) is 0 Å². The maximum atomic E-state index is 15.1. The van der Waals surface area contributed by atoms with Gasteiger partial charge in [0.25, 0.3) is 17.7 Å². The predicted molar refractivity (Wildman–Crippen MR) is 383 cm³/mol. The minimum Gasteiger partial charge on any atom is -0.870 e. The molecule has 3 aromatic heterocycles. The number of anilines is 1. The summed E-state index contributed by atoms with van der Waals surface area (Å²) in [5, 5.41) is 15.1. The Kier molecular flexibility index (Phi) is 24.5. The number of hydrogen-bond acceptors (Lipinski definition) is 14. The minimum absolute atomic E-state index is 0. The Morgan fingerprint density at radius 1 is 0.446 bits per heavy atom. The van der Waals surface area contributed by atoms with Crippen molar-refractivity contribution in [3.05, 3.63) is 220 Å². The average molecular weight is 1540 g/mol. The number of fused-ring (bicyclic) bond motifs is 3. The maximum absolute atomic E-state index is 15.1. The van der Waals surface area contributed by atoms with Crippen molar-refractivity contribution < 1.29 is 80.5 Å². The SMILES string of the molecule is CI.COC(=O)c1ccc(-c2nn(C(=O)c3c(Cl)cccc3C3CC3)c3c2CCCC3)c(F)c1.COC(=O)c1ccc(-c2nn(C(=O)c3c(Cl)cccc3C3CC3)c3c2CCCC3)c(F)c1.COC(=O)c1ccc(-c2nn(C(=O)c3c(Cl)cccc3C3CC3)c3c2N(C)CCC3)c(F)c1.[Li+].[OH-]. The number of carbonyl (C=O) groups excluding carboxylic acids is 6. The molecule has 0 unspecified atom stereocenters. The summed E-state index contributed by atoms with van der Waals surface area (Å²) < 4.78 is 63.4. The molecule has 520 valence electrons. The Bertz CT molecular complexity index is 4530. The molecular weight excluding hydrogens is 1470 g/mol. The zero-order valence-electron chi connectivity index (χ0n) is 56.5. The first kappa shape index (κ1) is 75.8. The fourth-order valence-electron chi connectivity index (χ4n) is 13.7. The topological polar surface area (TPSA) is 217 Å². The van der Waals surface area contributed by atoms with Crippen LogP contribution in [0, 0.1) is 17.5 Å². The van der Waals surface area contributed by atoms with Gasteiger partial charge in [-0.05, 0) is 215 Å². The fourth-order valence-corrected chi connectivity index (χ4v) is 14.4. The van der Waals surface area contributed by atoms with Gasteiger partial charge in [-0.25, -0.2) is 27.6 Å². The third-order valence-electron chi connectivity index (χ3n) is 18.9. The summed E-state index contributed by atoms with van der Waals surface area (Å²) in [5.41, 5.74) is 11.5. The van der Waals surface area contributed by atoms with Gasteiger partial charge >= 0.3 is 36.8 Å². The molecule has 1 N–H and O–H groups in total. The molecule has 0 amide bonds. The molecule has 1 aliphatic heterocycles. The van der Waals surface area contributed by atoms with E-state index >= 15 is 13.2 Å². The Morgan fingerprint density at radius 3 is 1.08 bits per heavy atom. The van der Waals surface area contributed by atoms with E-state index in [4.69, 9.17) is 34.8 Å². The number of hydrogen-bond donors (Lipinski definition) is 0. The number of aromatic nitrogens is 6. The number of esters is 3. The summed E-state index contributed by atoms with van der Waals surface area (Å²) in [6.07, 6.45) is 14.3. The van der Waals surface area contributed by atoms with Gasteiger partial charge in [-0.2, -0.15) is 29.3 Å². The van der Waals surface area contributed by atoms with Crippen LogP contribution < -0.4 is 23.8 Å². The third-order valence-corrected chi connectivity index (χ3v) is 19.9. The van der Waals surface area contributed by atoms with Crippen LogP contribution in [0.15, 0.2) is 109 Å². The van der Waals surface area contributed by atoms with E-state index in [1.165, 1.54) is 71.8 Å². The smallest absolute Gasteiger partial charge is 0.870 e. The Balaban J connectivity index is 0.000000160. The van der Waals surface area contributed by atoms with E-state index in [9.17, 15) is 28.8 Å². The van der Waals surface area contributed by atoms with Crippen LogP contribution in [0.2, 0.25) is 15.1 Å². The van der Waals surface area contributed by atoms with Gasteiger partial charge in [0.2, 0.25) is 0 Å². The molecule has 6 aliphatic rings. The van der Waals surface area contributed by atoms with Gasteiger partial charge in [0, 0.05) is 41.4 Å². The number of ether oxygens (including phenoxy) is 3. The molecule has 0 atom stereocenters. The van der Waals surface area contributed by atoms with Crippen molar-refractivity contribution in [1.82, 2.24) is 29.3 Å². The summed E-state index contributed by atoms with van der Waals surface area (Å²) in [4.78, 5) is 80.4. The quantitative estimate of drug-likeness (QED) is 0.0366. The third kappa shape index (κ3) is 15.4. The molecule has 101 heavy (non-hydrogen) atoms. The number of carbonyl (C=O) groups is 6. The van der Waals surface area contributed by atoms with Crippen molar-refractivity contribution in [2.45, 2.75) is 120 Å². The van der Waals surface area contributed by atoms with Crippen LogP contribution in [0.3, 0.4) is 0 Å². The van der Waals surface area contributed by atoms with Gasteiger partial charge in [0.1, 0.15) is 23.1 Å². The van der Waals surface area contributed by atoms with Crippen molar-refractivity contribution >= 4 is 98.7 Å². The van der Waals surface area contributed by atoms with Crippen LogP contribution in [0.5, 0.6) is 0 Å². The molecule has 0 bridgehead atoms. The molecule has 6 aromatic carbocycles. The Labute approximate surface area is 623 Å². The summed E-state index contributed by atoms with van der Waals surface area (Å²) in [6.45, 7) is 0.765. The average Bonchev–Trinajstić information content (AvgIpc) is 1.59. The molecule has 0 radical (unpaired) electrons. The molecular formula is C76H71Cl3F3ILiN7O10. The van der Waals surface area contributed by atoms with Crippen molar-refractivity contribution in [3.8, 4) is 33.8 Å². The van der Waals surface area contributed by atoms with Crippen LogP contribution in [0.1, 0.15) is 195 Å². The summed E-state index contributed by atoms with van der Waals surface area (Å²) in [7, 11) is 5.66. The fraction of sp³-hybridized carbons (Fsp3) is 0.329. The van der Waals surface area contributed by atoms with E-state index in [1.807, 2.05) is 53.3 Å². The van der Waals surface area contributed by atoms with E-state index in [0.717, 1.165) is 146 Å². The predicted octanol–water partition coefficient (Wildman–Crippen LogP) is 14.1. The van der Waals surface area contributed by atoms with Crippen molar-refractivity contribution in [3.63, 3.8) is 0 Å². The standard InChI is InChI=1S/C25H23ClFN3O3.2C25H22ClFN2O3.CH3I.Li.H2O/c1-29-12-4-7-20-23(29)22(17-11-10-15(13-19(17)27)25(32)33-2)28-30(20)24(31)21-16(14-8-9-14)5-3-6-18(21)26;2*1-32-25(31)15-11-12-17(20(27)13-15)23-18-5-2-3-8-21(18)29(28-23)24(30)22-16(14-9-10-14)6-4-7-19(22)26;1-2;;/h3,5-6,10-11,13-14H,4,7-9,12H2,1-2H3;2*4,6-7,11-14H,2-3,5,8-10H2,1H3;1H3;;1H2/q;;;;+1;/p-1. The number of halogens is 7. The molecule has 0 saturated heterocycles. The zero-order chi connectivity index (χ0) is 70.1. The first-order chi connectivity index (χ1) is 47.9. The molecule has 15 rings (SSSR count). The molecule has 25 heteroatoms. The number of alkyl halides is 1. The van der Waals surface area contributed by atoms with E-state index in [1.54, 1.807) is 18.2 Å². The molecule has 0 spiro atoms. The molecule has 4 heterocycles. The van der Waals surface area contributed by atoms with Gasteiger partial charge < -0.3 is 24.6 Å². The van der Waals surface area contributed by atoms with Gasteiger partial charge in [-0.1, -0.05) is 93.8 Å². The van der Waals surface area contributed by atoms with Gasteiger partial charge in [0.15, 0.2) is 0 Å². The second kappa shape index (κ2) is 32.6. The Hall–Kier alpha value is -7.88. The summed E-state index contributed by atoms with van der Waals surface area (Å²) in [6, 6.07) is 29.2. The number of benzene rings is 6. The van der Waals surface area contributed by atoms with Crippen molar-refractivity contribution in [2.24, 2.45) is 0 Å². The Morgan fingerprint density at radius 2 is 0.752 bits per heavy atom. The monoisotopic (exact) mass is 1540 g/mol. The molecule has 5 aliphatic carbocycles. The normalized spacial score (nSPS) is 14.8. The first-order valence-corrected chi connectivity index (χ1v) is 36.2. The summed E-state index contributed by atoms with van der Waals surface area (Å²) in [5.74, 6) is -3.39. The minimum atomic E-state index is -0.619. The second-order valence-corrected chi connectivity index (χ2v) is 26.5. The van der Waals surface area contributed by atoms with Gasteiger partial charge in [-0.3, -0.25) is 14.4 Å². The van der Waals surface area contributed by atoms with E-state index in [-0.39, 0.29) is 75.4 Å². The van der Waals surface area contributed by atoms with Gasteiger partial charge in [-0.15, -0.1) is 0 Å². The molecule has 17 nitrogen and oxygen atoms in total. The van der Waals surface area contributed by atoms with Crippen molar-refractivity contribution in [2.75, 3.05) is 44.8 Å². The van der Waals surface area contributed by atoms with E-state index in [2.05, 4.69) is 52.1 Å². The van der Waals surface area contributed by atoms with E-state index in [0.29, 0.717) is 98.7 Å². The largest absolute Gasteiger partial charge is 1.00 e. The van der Waals surface area contributed by atoms with Crippen LogP contribution >= 0.6 is 57.4 Å². The van der Waals surface area contributed by atoms with Crippen LogP contribution in [0.25, 0.3) is 33.8 Å². The van der Waals surface area contributed by atoms with Crippen LogP contribution in [-0.2, 0) is 46.3 Å². The number of methoxy groups -OCH3 is 3. The molecule has 3 saturated carbocycles. The zero-order valence-corrected chi connectivity index (χ0v) is 61.0. The van der Waals surface area contributed by atoms with Crippen LogP contribution in [-0.4, -0.2) is 110 Å². The van der Waals surface area contributed by atoms with Gasteiger partial charge in [0.05, 0.1) is 104 Å². The molecule has 9 aromatic rings.